The lowest BCUT2D eigenvalue weighted by Crippen LogP contribution is -2.25. The maximum atomic E-state index is 11.5. The first-order chi connectivity index (χ1) is 9.72. The molecule has 0 spiro atoms. The lowest BCUT2D eigenvalue weighted by Gasteiger charge is -2.20. The highest BCUT2D eigenvalue weighted by atomic mass is 16.4. The first kappa shape index (κ1) is 14.1. The van der Waals surface area contributed by atoms with Crippen LogP contribution in [-0.2, 0) is 11.2 Å². The second-order valence-corrected chi connectivity index (χ2v) is 4.68. The van der Waals surface area contributed by atoms with Gasteiger partial charge in [0.25, 0.3) is 0 Å². The molecule has 2 rings (SSSR count). The monoisotopic (exact) mass is 275 g/mol. The van der Waals surface area contributed by atoms with Crippen molar-refractivity contribution in [3.8, 4) is 0 Å². The summed E-state index contributed by atoms with van der Waals surface area (Å²) in [6.07, 6.45) is 5.32. The summed E-state index contributed by atoms with van der Waals surface area (Å²) in [5, 5.41) is 23.3. The van der Waals surface area contributed by atoms with Crippen molar-refractivity contribution < 1.29 is 9.90 Å². The van der Waals surface area contributed by atoms with E-state index in [0.717, 1.165) is 12.0 Å². The zero-order chi connectivity index (χ0) is 14.4. The van der Waals surface area contributed by atoms with Gasteiger partial charge in [-0.25, -0.2) is 0 Å². The summed E-state index contributed by atoms with van der Waals surface area (Å²) in [6.45, 7) is 1.97. The average Bonchev–Trinajstić information content (AvgIpc) is 2.97. The molecule has 0 aromatic carbocycles. The smallest absolute Gasteiger partial charge is 0.307 e. The molecule has 0 aliphatic carbocycles. The van der Waals surface area contributed by atoms with Crippen molar-refractivity contribution >= 4 is 5.97 Å². The van der Waals surface area contributed by atoms with E-state index < -0.39 is 11.9 Å². The Morgan fingerprint density at radius 3 is 2.90 bits per heavy atom. The molecule has 0 amide bonds. The molecule has 106 valence electrons. The number of aromatic amines is 1. The number of carboxylic acids is 1. The molecule has 2 N–H and O–H groups in total. The van der Waals surface area contributed by atoms with Crippen molar-refractivity contribution in [3.05, 3.63) is 35.9 Å². The van der Waals surface area contributed by atoms with E-state index in [4.69, 9.17) is 0 Å². The molecule has 2 unspecified atom stereocenters. The van der Waals surface area contributed by atoms with Crippen molar-refractivity contribution in [2.75, 3.05) is 0 Å². The number of tetrazole rings is 1. The van der Waals surface area contributed by atoms with Gasteiger partial charge in [0.2, 0.25) is 0 Å². The minimum atomic E-state index is -0.828. The Morgan fingerprint density at radius 2 is 2.35 bits per heavy atom. The SMILES string of the molecule is CCCC(C(=O)O)C(Cc1cccnc1)c1nn[nH]n1. The highest BCUT2D eigenvalue weighted by molar-refractivity contribution is 5.71. The molecule has 7 heteroatoms. The molecule has 2 aromatic heterocycles. The Balaban J connectivity index is 2.27. The van der Waals surface area contributed by atoms with Crippen LogP contribution >= 0.6 is 0 Å². The van der Waals surface area contributed by atoms with Crippen molar-refractivity contribution in [1.29, 1.82) is 0 Å². The zero-order valence-electron chi connectivity index (χ0n) is 11.2. The van der Waals surface area contributed by atoms with Crippen LogP contribution in [0.3, 0.4) is 0 Å². The molecule has 2 atom stereocenters. The van der Waals surface area contributed by atoms with Gasteiger partial charge in [0.15, 0.2) is 5.82 Å². The molecular weight excluding hydrogens is 258 g/mol. The number of nitrogens with one attached hydrogen (secondary N) is 1. The fourth-order valence-corrected chi connectivity index (χ4v) is 2.32. The van der Waals surface area contributed by atoms with Gasteiger partial charge in [-0.15, -0.1) is 10.2 Å². The lowest BCUT2D eigenvalue weighted by molar-refractivity contribution is -0.142. The number of nitrogens with zero attached hydrogens (tertiary/aromatic N) is 4. The molecule has 0 bridgehead atoms. The first-order valence-electron chi connectivity index (χ1n) is 6.57. The number of hydrogen-bond acceptors (Lipinski definition) is 5. The van der Waals surface area contributed by atoms with Crippen LogP contribution in [-0.4, -0.2) is 36.7 Å². The maximum Gasteiger partial charge on any atom is 0.307 e. The summed E-state index contributed by atoms with van der Waals surface area (Å²) in [4.78, 5) is 15.6. The molecule has 7 nitrogen and oxygen atoms in total. The van der Waals surface area contributed by atoms with Crippen LogP contribution in [0.5, 0.6) is 0 Å². The summed E-state index contributed by atoms with van der Waals surface area (Å²) in [5.41, 5.74) is 0.963. The number of pyridine rings is 1. The van der Waals surface area contributed by atoms with Gasteiger partial charge in [-0.1, -0.05) is 24.6 Å². The van der Waals surface area contributed by atoms with E-state index >= 15 is 0 Å². The second kappa shape index (κ2) is 6.74. The summed E-state index contributed by atoms with van der Waals surface area (Å²) in [5.74, 6) is -1.23. The molecule has 0 saturated carbocycles. The molecule has 2 heterocycles. The topological polar surface area (TPSA) is 105 Å². The van der Waals surface area contributed by atoms with Crippen LogP contribution in [0.1, 0.15) is 37.1 Å². The van der Waals surface area contributed by atoms with Crippen LogP contribution in [0, 0.1) is 5.92 Å². The summed E-state index contributed by atoms with van der Waals surface area (Å²) in [7, 11) is 0. The molecular formula is C13H17N5O2. The normalized spacial score (nSPS) is 13.8. The summed E-state index contributed by atoms with van der Waals surface area (Å²) >= 11 is 0. The third-order valence-electron chi connectivity index (χ3n) is 3.27. The number of carboxylic acid groups (broad SMARTS) is 1. The highest BCUT2D eigenvalue weighted by Crippen LogP contribution is 2.29. The first-order valence-corrected chi connectivity index (χ1v) is 6.57. The minimum Gasteiger partial charge on any atom is -0.481 e. The van der Waals surface area contributed by atoms with Gasteiger partial charge < -0.3 is 5.11 Å². The van der Waals surface area contributed by atoms with Crippen molar-refractivity contribution in [3.63, 3.8) is 0 Å². The molecule has 0 saturated heterocycles. The third-order valence-corrected chi connectivity index (χ3v) is 3.27. The molecule has 0 aliphatic heterocycles. The van der Waals surface area contributed by atoms with Gasteiger partial charge in [-0.2, -0.15) is 5.21 Å². The molecule has 0 aliphatic rings. The Kier molecular flexibility index (Phi) is 4.75. The molecule has 0 radical (unpaired) electrons. The predicted molar refractivity (Wildman–Crippen MR) is 70.9 cm³/mol. The maximum absolute atomic E-state index is 11.5. The number of hydrogen-bond donors (Lipinski definition) is 2. The molecule has 0 fully saturated rings. The van der Waals surface area contributed by atoms with Crippen LogP contribution in [0.4, 0.5) is 0 Å². The van der Waals surface area contributed by atoms with E-state index in [1.54, 1.807) is 12.4 Å². The fourth-order valence-electron chi connectivity index (χ4n) is 2.32. The fraction of sp³-hybridized carbons (Fsp3) is 0.462. The van der Waals surface area contributed by atoms with E-state index in [-0.39, 0.29) is 5.92 Å². The number of aromatic nitrogens is 5. The van der Waals surface area contributed by atoms with Crippen molar-refractivity contribution in [2.45, 2.75) is 32.1 Å². The number of H-pyrrole nitrogens is 1. The van der Waals surface area contributed by atoms with Gasteiger partial charge in [-0.3, -0.25) is 9.78 Å². The Bertz CT molecular complexity index is 529. The Labute approximate surface area is 116 Å². The van der Waals surface area contributed by atoms with Gasteiger partial charge in [0.1, 0.15) is 0 Å². The van der Waals surface area contributed by atoms with Gasteiger partial charge in [0, 0.05) is 18.3 Å². The summed E-state index contributed by atoms with van der Waals surface area (Å²) in [6, 6.07) is 3.75. The Morgan fingerprint density at radius 1 is 1.50 bits per heavy atom. The lowest BCUT2D eigenvalue weighted by atomic mass is 9.83. The standard InChI is InChI=1S/C13H17N5O2/c1-2-4-10(13(19)20)11(12-15-17-18-16-12)7-9-5-3-6-14-8-9/h3,5-6,8,10-11H,2,4,7H2,1H3,(H,19,20)(H,15,16,17,18). The number of carbonyl (C=O) groups is 1. The minimum absolute atomic E-state index is 0.310. The third kappa shape index (κ3) is 3.37. The number of aliphatic carboxylic acids is 1. The van der Waals surface area contributed by atoms with Gasteiger partial charge >= 0.3 is 5.97 Å². The second-order valence-electron chi connectivity index (χ2n) is 4.68. The van der Waals surface area contributed by atoms with E-state index in [1.807, 2.05) is 19.1 Å². The van der Waals surface area contributed by atoms with E-state index in [9.17, 15) is 9.90 Å². The van der Waals surface area contributed by atoms with Crippen molar-refractivity contribution in [2.24, 2.45) is 5.92 Å². The van der Waals surface area contributed by atoms with Gasteiger partial charge in [0.05, 0.1) is 5.92 Å². The van der Waals surface area contributed by atoms with E-state index in [0.29, 0.717) is 18.7 Å². The summed E-state index contributed by atoms with van der Waals surface area (Å²) < 4.78 is 0. The zero-order valence-corrected chi connectivity index (χ0v) is 11.2. The highest BCUT2D eigenvalue weighted by Gasteiger charge is 2.31. The van der Waals surface area contributed by atoms with Crippen LogP contribution in [0.2, 0.25) is 0 Å². The largest absolute Gasteiger partial charge is 0.481 e. The van der Waals surface area contributed by atoms with Crippen LogP contribution in [0.15, 0.2) is 24.5 Å². The van der Waals surface area contributed by atoms with E-state index in [1.165, 1.54) is 0 Å². The quantitative estimate of drug-likeness (QED) is 0.791. The van der Waals surface area contributed by atoms with E-state index in [2.05, 4.69) is 25.6 Å². The molecule has 2 aromatic rings. The van der Waals surface area contributed by atoms with Crippen molar-refractivity contribution in [1.82, 2.24) is 25.6 Å². The van der Waals surface area contributed by atoms with Crippen LogP contribution < -0.4 is 0 Å². The van der Waals surface area contributed by atoms with Gasteiger partial charge in [-0.05, 0) is 24.5 Å². The number of rotatable bonds is 7. The Hall–Kier alpha value is -2.31. The predicted octanol–water partition coefficient (Wildman–Crippen LogP) is 1.42. The molecule has 20 heavy (non-hydrogen) atoms. The van der Waals surface area contributed by atoms with Crippen LogP contribution in [0.25, 0.3) is 0 Å². The average molecular weight is 275 g/mol.